The predicted octanol–water partition coefficient (Wildman–Crippen LogP) is 2.94. The Bertz CT molecular complexity index is 1080. The lowest BCUT2D eigenvalue weighted by molar-refractivity contribution is 0.0311. The molecular weight excluding hydrogens is 370 g/mol. The lowest BCUT2D eigenvalue weighted by Gasteiger charge is -2.12. The standard InChI is InChI=1S/C20H14F2N2O4/c1-12(19(26)13-2-4-14(21)5-3-13)28-20(27)17-10-11-18(25)24(23-17)16-8-6-15(22)7-9-16/h2-12H,1H3. The second kappa shape index (κ2) is 7.91. The number of rotatable bonds is 5. The van der Waals surface area contributed by atoms with Crippen molar-refractivity contribution < 1.29 is 23.1 Å². The molecule has 2 aromatic carbocycles. The van der Waals surface area contributed by atoms with Gasteiger partial charge in [-0.05, 0) is 61.5 Å². The Morgan fingerprint density at radius 2 is 1.50 bits per heavy atom. The first-order valence-corrected chi connectivity index (χ1v) is 8.22. The molecule has 0 aliphatic carbocycles. The maximum absolute atomic E-state index is 13.1. The molecule has 0 radical (unpaired) electrons. The number of esters is 1. The average molecular weight is 384 g/mol. The lowest BCUT2D eigenvalue weighted by Crippen LogP contribution is -2.27. The number of hydrogen-bond acceptors (Lipinski definition) is 5. The van der Waals surface area contributed by atoms with E-state index in [9.17, 15) is 23.2 Å². The van der Waals surface area contributed by atoms with Crippen LogP contribution in [0.25, 0.3) is 5.69 Å². The van der Waals surface area contributed by atoms with Crippen LogP contribution in [0.5, 0.6) is 0 Å². The summed E-state index contributed by atoms with van der Waals surface area (Å²) in [5, 5.41) is 3.92. The van der Waals surface area contributed by atoms with Crippen LogP contribution in [0.15, 0.2) is 65.5 Å². The zero-order chi connectivity index (χ0) is 20.3. The Morgan fingerprint density at radius 3 is 2.11 bits per heavy atom. The second-order valence-corrected chi connectivity index (χ2v) is 5.86. The first-order chi connectivity index (χ1) is 13.3. The summed E-state index contributed by atoms with van der Waals surface area (Å²) in [6.45, 7) is 1.37. The summed E-state index contributed by atoms with van der Waals surface area (Å²) < 4.78 is 32.1. The van der Waals surface area contributed by atoms with Gasteiger partial charge < -0.3 is 4.74 Å². The molecule has 1 heterocycles. The van der Waals surface area contributed by atoms with E-state index >= 15 is 0 Å². The van der Waals surface area contributed by atoms with Gasteiger partial charge >= 0.3 is 5.97 Å². The van der Waals surface area contributed by atoms with Crippen LogP contribution in [-0.2, 0) is 4.74 Å². The van der Waals surface area contributed by atoms with Crippen LogP contribution >= 0.6 is 0 Å². The monoisotopic (exact) mass is 384 g/mol. The zero-order valence-electron chi connectivity index (χ0n) is 14.6. The largest absolute Gasteiger partial charge is 0.449 e. The fourth-order valence-corrected chi connectivity index (χ4v) is 2.41. The van der Waals surface area contributed by atoms with Crippen LogP contribution in [0.2, 0.25) is 0 Å². The van der Waals surface area contributed by atoms with Crippen molar-refractivity contribution in [2.75, 3.05) is 0 Å². The minimum atomic E-state index is -1.15. The highest BCUT2D eigenvalue weighted by Gasteiger charge is 2.22. The molecule has 0 amide bonds. The van der Waals surface area contributed by atoms with E-state index in [1.807, 2.05) is 0 Å². The molecule has 0 bridgehead atoms. The third-order valence-electron chi connectivity index (χ3n) is 3.86. The van der Waals surface area contributed by atoms with Gasteiger partial charge in [0.15, 0.2) is 11.8 Å². The number of halogens is 2. The number of aromatic nitrogens is 2. The fraction of sp³-hybridized carbons (Fsp3) is 0.100. The van der Waals surface area contributed by atoms with Crippen LogP contribution in [-0.4, -0.2) is 27.6 Å². The second-order valence-electron chi connectivity index (χ2n) is 5.86. The lowest BCUT2D eigenvalue weighted by atomic mass is 10.1. The topological polar surface area (TPSA) is 78.3 Å². The first kappa shape index (κ1) is 19.1. The molecule has 0 fully saturated rings. The number of carbonyl (C=O) groups excluding carboxylic acids is 2. The summed E-state index contributed by atoms with van der Waals surface area (Å²) in [5.41, 5.74) is -0.288. The van der Waals surface area contributed by atoms with Crippen molar-refractivity contribution >= 4 is 11.8 Å². The quantitative estimate of drug-likeness (QED) is 0.499. The molecule has 6 nitrogen and oxygen atoms in total. The Morgan fingerprint density at radius 1 is 0.929 bits per heavy atom. The van der Waals surface area contributed by atoms with Gasteiger partial charge in [-0.1, -0.05) is 0 Å². The van der Waals surface area contributed by atoms with Gasteiger partial charge in [-0.3, -0.25) is 9.59 Å². The molecule has 0 aliphatic rings. The van der Waals surface area contributed by atoms with Gasteiger partial charge in [0.2, 0.25) is 5.78 Å². The van der Waals surface area contributed by atoms with Gasteiger partial charge in [-0.25, -0.2) is 13.6 Å². The van der Waals surface area contributed by atoms with E-state index in [1.54, 1.807) is 0 Å². The molecule has 0 saturated heterocycles. The van der Waals surface area contributed by atoms with Crippen LogP contribution in [0.3, 0.4) is 0 Å². The SMILES string of the molecule is CC(OC(=O)c1ccc(=O)n(-c2ccc(F)cc2)n1)C(=O)c1ccc(F)cc1. The minimum Gasteiger partial charge on any atom is -0.449 e. The fourth-order valence-electron chi connectivity index (χ4n) is 2.41. The molecule has 3 aromatic rings. The number of benzene rings is 2. The number of carbonyl (C=O) groups is 2. The maximum Gasteiger partial charge on any atom is 0.359 e. The summed E-state index contributed by atoms with van der Waals surface area (Å²) in [4.78, 5) is 36.6. The molecule has 3 rings (SSSR count). The number of ether oxygens (including phenoxy) is 1. The number of nitrogens with zero attached hydrogens (tertiary/aromatic N) is 2. The van der Waals surface area contributed by atoms with Gasteiger partial charge in [-0.2, -0.15) is 9.78 Å². The van der Waals surface area contributed by atoms with E-state index in [4.69, 9.17) is 4.74 Å². The highest BCUT2D eigenvalue weighted by atomic mass is 19.1. The van der Waals surface area contributed by atoms with Crippen LogP contribution in [0.4, 0.5) is 8.78 Å². The van der Waals surface area contributed by atoms with Crippen molar-refractivity contribution in [2.24, 2.45) is 0 Å². The zero-order valence-corrected chi connectivity index (χ0v) is 14.6. The number of ketones is 1. The van der Waals surface area contributed by atoms with Crippen molar-refractivity contribution in [1.29, 1.82) is 0 Å². The highest BCUT2D eigenvalue weighted by Crippen LogP contribution is 2.11. The van der Waals surface area contributed by atoms with E-state index in [0.29, 0.717) is 0 Å². The molecular formula is C20H14F2N2O4. The van der Waals surface area contributed by atoms with Crippen LogP contribution in [0.1, 0.15) is 27.8 Å². The molecule has 0 N–H and O–H groups in total. The van der Waals surface area contributed by atoms with E-state index < -0.39 is 35.1 Å². The van der Waals surface area contributed by atoms with Crippen molar-refractivity contribution in [1.82, 2.24) is 9.78 Å². The van der Waals surface area contributed by atoms with Gasteiger partial charge in [0, 0.05) is 11.6 Å². The Kier molecular flexibility index (Phi) is 5.39. The molecule has 1 atom stereocenters. The van der Waals surface area contributed by atoms with E-state index in [0.717, 1.165) is 35.0 Å². The van der Waals surface area contributed by atoms with Gasteiger partial charge in [0.1, 0.15) is 11.6 Å². The van der Waals surface area contributed by atoms with Gasteiger partial charge in [0.05, 0.1) is 5.69 Å². The highest BCUT2D eigenvalue weighted by molar-refractivity contribution is 6.01. The molecule has 0 spiro atoms. The van der Waals surface area contributed by atoms with Crippen molar-refractivity contribution in [3.63, 3.8) is 0 Å². The third-order valence-corrected chi connectivity index (χ3v) is 3.86. The molecule has 0 saturated carbocycles. The minimum absolute atomic E-state index is 0.186. The maximum atomic E-state index is 13.1. The Labute approximate surface area is 158 Å². The van der Waals surface area contributed by atoms with E-state index in [-0.39, 0.29) is 16.9 Å². The molecule has 1 unspecified atom stereocenters. The average Bonchev–Trinajstić information content (AvgIpc) is 2.69. The predicted molar refractivity (Wildman–Crippen MR) is 95.4 cm³/mol. The number of Topliss-reactive ketones (excluding diaryl/α,β-unsaturated/α-hetero) is 1. The van der Waals surface area contributed by atoms with E-state index in [2.05, 4.69) is 5.10 Å². The van der Waals surface area contributed by atoms with Crippen LogP contribution < -0.4 is 5.56 Å². The number of hydrogen-bond donors (Lipinski definition) is 0. The van der Waals surface area contributed by atoms with Gasteiger partial charge in [0.25, 0.3) is 5.56 Å². The summed E-state index contributed by atoms with van der Waals surface area (Å²) in [6, 6.07) is 12.1. The Hall–Kier alpha value is -3.68. The molecule has 0 aliphatic heterocycles. The van der Waals surface area contributed by atoms with Crippen molar-refractivity contribution in [3.8, 4) is 5.69 Å². The van der Waals surface area contributed by atoms with Crippen molar-refractivity contribution in [2.45, 2.75) is 13.0 Å². The molecule has 8 heteroatoms. The summed E-state index contributed by atoms with van der Waals surface area (Å²) in [6.07, 6.45) is -1.15. The van der Waals surface area contributed by atoms with E-state index in [1.165, 1.54) is 37.3 Å². The molecule has 1 aromatic heterocycles. The molecule has 28 heavy (non-hydrogen) atoms. The third kappa shape index (κ3) is 4.17. The summed E-state index contributed by atoms with van der Waals surface area (Å²) in [5.74, 6) is -2.41. The van der Waals surface area contributed by atoms with Gasteiger partial charge in [-0.15, -0.1) is 0 Å². The normalized spacial score (nSPS) is 11.7. The summed E-state index contributed by atoms with van der Waals surface area (Å²) >= 11 is 0. The smallest absolute Gasteiger partial charge is 0.359 e. The van der Waals surface area contributed by atoms with Crippen molar-refractivity contribution in [3.05, 3.63) is 93.9 Å². The van der Waals surface area contributed by atoms with Crippen LogP contribution in [0, 0.1) is 11.6 Å². The Balaban J connectivity index is 1.79. The molecule has 142 valence electrons. The summed E-state index contributed by atoms with van der Waals surface area (Å²) in [7, 11) is 0. The first-order valence-electron chi connectivity index (χ1n) is 8.22.